The van der Waals surface area contributed by atoms with Crippen molar-refractivity contribution in [3.63, 3.8) is 0 Å². The number of hydrogen-bond donors (Lipinski definition) is 1. The zero-order chi connectivity index (χ0) is 15.5. The fraction of sp³-hybridized carbons (Fsp3) is 0.200. The summed E-state index contributed by atoms with van der Waals surface area (Å²) in [5, 5.41) is 6.78. The fourth-order valence-corrected chi connectivity index (χ4v) is 2.75. The molecule has 0 bridgehead atoms. The number of aryl methyl sites for hydroxylation is 2. The van der Waals surface area contributed by atoms with Gasteiger partial charge < -0.3 is 4.57 Å². The van der Waals surface area contributed by atoms with Gasteiger partial charge in [0, 0.05) is 5.38 Å². The van der Waals surface area contributed by atoms with E-state index in [1.54, 1.807) is 17.6 Å². The van der Waals surface area contributed by atoms with Gasteiger partial charge in [-0.15, -0.1) is 11.3 Å². The van der Waals surface area contributed by atoms with Gasteiger partial charge in [0.1, 0.15) is 12.4 Å². The van der Waals surface area contributed by atoms with Crippen LogP contribution >= 0.6 is 11.3 Å². The number of hydrogen-bond acceptors (Lipinski definition) is 5. The van der Waals surface area contributed by atoms with Gasteiger partial charge in [0.05, 0.1) is 27.9 Å². The van der Waals surface area contributed by atoms with Gasteiger partial charge in [0.2, 0.25) is 0 Å². The Balaban J connectivity index is 1.68. The molecule has 0 saturated carbocycles. The van der Waals surface area contributed by atoms with Crippen LogP contribution in [0.3, 0.4) is 0 Å². The van der Waals surface area contributed by atoms with Crippen molar-refractivity contribution in [3.05, 3.63) is 46.2 Å². The Morgan fingerprint density at radius 3 is 2.95 bits per heavy atom. The summed E-state index contributed by atoms with van der Waals surface area (Å²) in [6.45, 7) is 3.99. The summed E-state index contributed by atoms with van der Waals surface area (Å²) in [7, 11) is 0. The van der Waals surface area contributed by atoms with Gasteiger partial charge in [-0.1, -0.05) is 12.1 Å². The molecule has 0 saturated heterocycles. The standard InChI is InChI=1S/C15H15N5OS/c1-10-17-13-5-3-4-6-14(13)20(10)8-15(21)19-16-7-12-9-22-11(2)18-12/h3-7,9H,8H2,1-2H3,(H,19,21)/b16-7-. The van der Waals surface area contributed by atoms with Gasteiger partial charge in [0.25, 0.3) is 5.91 Å². The minimum Gasteiger partial charge on any atom is -0.319 e. The lowest BCUT2D eigenvalue weighted by atomic mass is 10.3. The highest BCUT2D eigenvalue weighted by Crippen LogP contribution is 2.14. The molecule has 0 unspecified atom stereocenters. The van der Waals surface area contributed by atoms with E-state index in [1.807, 2.05) is 48.1 Å². The Labute approximate surface area is 131 Å². The van der Waals surface area contributed by atoms with Gasteiger partial charge in [-0.25, -0.2) is 15.4 Å². The first-order chi connectivity index (χ1) is 10.6. The molecule has 0 aliphatic heterocycles. The number of para-hydroxylation sites is 2. The quantitative estimate of drug-likeness (QED) is 0.593. The van der Waals surface area contributed by atoms with Crippen LogP contribution in [-0.2, 0) is 11.3 Å². The maximum atomic E-state index is 12.0. The van der Waals surface area contributed by atoms with Crippen molar-refractivity contribution in [3.8, 4) is 0 Å². The largest absolute Gasteiger partial charge is 0.319 e. The number of nitrogens with one attached hydrogen (secondary N) is 1. The number of amides is 1. The van der Waals surface area contributed by atoms with Crippen molar-refractivity contribution < 1.29 is 4.79 Å². The number of rotatable bonds is 4. The Morgan fingerprint density at radius 2 is 2.18 bits per heavy atom. The van der Waals surface area contributed by atoms with Crippen LogP contribution in [0.5, 0.6) is 0 Å². The lowest BCUT2D eigenvalue weighted by Crippen LogP contribution is -2.23. The zero-order valence-electron chi connectivity index (χ0n) is 12.3. The van der Waals surface area contributed by atoms with Crippen LogP contribution in [0.15, 0.2) is 34.7 Å². The van der Waals surface area contributed by atoms with Gasteiger partial charge in [0.15, 0.2) is 0 Å². The molecule has 0 aliphatic carbocycles. The second-order valence-electron chi connectivity index (χ2n) is 4.82. The van der Waals surface area contributed by atoms with E-state index in [1.165, 1.54) is 0 Å². The van der Waals surface area contributed by atoms with E-state index in [9.17, 15) is 4.79 Å². The monoisotopic (exact) mass is 313 g/mol. The highest BCUT2D eigenvalue weighted by molar-refractivity contribution is 7.09. The molecular weight excluding hydrogens is 298 g/mol. The first-order valence-electron chi connectivity index (χ1n) is 6.79. The van der Waals surface area contributed by atoms with Gasteiger partial charge in [-0.05, 0) is 26.0 Å². The zero-order valence-corrected chi connectivity index (χ0v) is 13.1. The topological polar surface area (TPSA) is 72.2 Å². The molecule has 0 spiro atoms. The van der Waals surface area contributed by atoms with Crippen LogP contribution < -0.4 is 5.43 Å². The third-order valence-electron chi connectivity index (χ3n) is 3.17. The minimum atomic E-state index is -0.200. The van der Waals surface area contributed by atoms with Crippen molar-refractivity contribution in [2.24, 2.45) is 5.10 Å². The van der Waals surface area contributed by atoms with E-state index in [2.05, 4.69) is 20.5 Å². The van der Waals surface area contributed by atoms with Crippen molar-refractivity contribution >= 4 is 34.5 Å². The molecule has 3 rings (SSSR count). The molecule has 0 atom stereocenters. The van der Waals surface area contributed by atoms with E-state index in [-0.39, 0.29) is 12.5 Å². The smallest absolute Gasteiger partial charge is 0.260 e. The predicted molar refractivity (Wildman–Crippen MR) is 87.1 cm³/mol. The number of aromatic nitrogens is 3. The van der Waals surface area contributed by atoms with Gasteiger partial charge >= 0.3 is 0 Å². The molecule has 1 aromatic carbocycles. The summed E-state index contributed by atoms with van der Waals surface area (Å²) >= 11 is 1.54. The summed E-state index contributed by atoms with van der Waals surface area (Å²) in [5.74, 6) is 0.602. The second kappa shape index (κ2) is 6.07. The lowest BCUT2D eigenvalue weighted by Gasteiger charge is -2.05. The van der Waals surface area contributed by atoms with Crippen molar-refractivity contribution in [1.82, 2.24) is 20.0 Å². The number of hydrazone groups is 1. The van der Waals surface area contributed by atoms with Crippen LogP contribution in [0.4, 0.5) is 0 Å². The van der Waals surface area contributed by atoms with Gasteiger partial charge in [-0.2, -0.15) is 5.10 Å². The maximum absolute atomic E-state index is 12.0. The molecule has 1 N–H and O–H groups in total. The molecule has 3 aromatic rings. The maximum Gasteiger partial charge on any atom is 0.260 e. The molecule has 6 nitrogen and oxygen atoms in total. The van der Waals surface area contributed by atoms with E-state index in [0.717, 1.165) is 27.6 Å². The molecular formula is C15H15N5OS. The van der Waals surface area contributed by atoms with Crippen molar-refractivity contribution in [2.45, 2.75) is 20.4 Å². The predicted octanol–water partition coefficient (Wildman–Crippen LogP) is 2.26. The molecule has 0 radical (unpaired) electrons. The van der Waals surface area contributed by atoms with E-state index in [4.69, 9.17) is 0 Å². The van der Waals surface area contributed by atoms with Gasteiger partial charge in [-0.3, -0.25) is 4.79 Å². The Kier molecular flexibility index (Phi) is 3.97. The molecule has 0 fully saturated rings. The number of nitrogens with zero attached hydrogens (tertiary/aromatic N) is 4. The van der Waals surface area contributed by atoms with Crippen molar-refractivity contribution in [1.29, 1.82) is 0 Å². The summed E-state index contributed by atoms with van der Waals surface area (Å²) in [4.78, 5) is 20.7. The molecule has 22 heavy (non-hydrogen) atoms. The number of carbonyl (C=O) groups is 1. The molecule has 1 amide bonds. The average molecular weight is 313 g/mol. The molecule has 7 heteroatoms. The fourth-order valence-electron chi connectivity index (χ4n) is 2.18. The normalized spacial score (nSPS) is 11.4. The third kappa shape index (κ3) is 3.04. The Bertz CT molecular complexity index is 849. The van der Waals surface area contributed by atoms with Crippen LogP contribution in [0.25, 0.3) is 11.0 Å². The van der Waals surface area contributed by atoms with E-state index >= 15 is 0 Å². The first kappa shape index (κ1) is 14.4. The first-order valence-corrected chi connectivity index (χ1v) is 7.67. The number of benzene rings is 1. The molecule has 0 aliphatic rings. The number of carbonyl (C=O) groups excluding carboxylic acids is 1. The minimum absolute atomic E-state index is 0.180. The SMILES string of the molecule is Cc1nc(/C=N\NC(=O)Cn2c(C)nc3ccccc32)cs1. The molecule has 2 heterocycles. The summed E-state index contributed by atoms with van der Waals surface area (Å²) in [5.41, 5.74) is 5.08. The highest BCUT2D eigenvalue weighted by atomic mass is 32.1. The number of thiazole rings is 1. The summed E-state index contributed by atoms with van der Waals surface area (Å²) < 4.78 is 1.87. The summed E-state index contributed by atoms with van der Waals surface area (Å²) in [6.07, 6.45) is 1.54. The van der Waals surface area contributed by atoms with Crippen LogP contribution in [-0.4, -0.2) is 26.7 Å². The van der Waals surface area contributed by atoms with Crippen LogP contribution in [0, 0.1) is 13.8 Å². The van der Waals surface area contributed by atoms with Crippen molar-refractivity contribution in [2.75, 3.05) is 0 Å². The van der Waals surface area contributed by atoms with E-state index < -0.39 is 0 Å². The van der Waals surface area contributed by atoms with Crippen LogP contribution in [0.1, 0.15) is 16.5 Å². The Hall–Kier alpha value is -2.54. The lowest BCUT2D eigenvalue weighted by molar-refractivity contribution is -0.121. The average Bonchev–Trinajstić information content (AvgIpc) is 3.03. The van der Waals surface area contributed by atoms with E-state index in [0.29, 0.717) is 0 Å². The molecule has 2 aromatic heterocycles. The third-order valence-corrected chi connectivity index (χ3v) is 3.96. The Morgan fingerprint density at radius 1 is 1.36 bits per heavy atom. The highest BCUT2D eigenvalue weighted by Gasteiger charge is 2.09. The number of imidazole rings is 1. The second-order valence-corrected chi connectivity index (χ2v) is 5.88. The number of fused-ring (bicyclic) bond motifs is 1. The van der Waals surface area contributed by atoms with Crippen LogP contribution in [0.2, 0.25) is 0 Å². The summed E-state index contributed by atoms with van der Waals surface area (Å²) in [6, 6.07) is 7.74. The molecule has 112 valence electrons.